The van der Waals surface area contributed by atoms with Crippen molar-refractivity contribution >= 4 is 0 Å². The van der Waals surface area contributed by atoms with Gasteiger partial charge in [-0.2, -0.15) is 0 Å². The minimum atomic E-state index is 0.311. The van der Waals surface area contributed by atoms with Gasteiger partial charge in [0, 0.05) is 12.0 Å². The number of benzene rings is 1. The third-order valence-electron chi connectivity index (χ3n) is 4.26. The summed E-state index contributed by atoms with van der Waals surface area (Å²) in [7, 11) is 0. The summed E-state index contributed by atoms with van der Waals surface area (Å²) >= 11 is 0. The molecule has 0 amide bonds. The molecule has 0 aliphatic heterocycles. The Morgan fingerprint density at radius 3 is 2.13 bits per heavy atom. The van der Waals surface area contributed by atoms with Gasteiger partial charge < -0.3 is 5.73 Å². The van der Waals surface area contributed by atoms with Crippen LogP contribution in [0.15, 0.2) is 24.3 Å². The molecule has 1 aromatic rings. The Hall–Kier alpha value is -0.820. The van der Waals surface area contributed by atoms with Crippen molar-refractivity contribution in [2.24, 2.45) is 11.1 Å². The van der Waals surface area contributed by atoms with Crippen LogP contribution in [0.2, 0.25) is 0 Å². The van der Waals surface area contributed by atoms with Crippen molar-refractivity contribution in [2.75, 3.05) is 0 Å². The summed E-state index contributed by atoms with van der Waals surface area (Å²) in [4.78, 5) is 0. The second-order valence-corrected chi connectivity index (χ2v) is 5.73. The van der Waals surface area contributed by atoms with Crippen LogP contribution in [0.4, 0.5) is 0 Å². The normalized spacial score (nSPS) is 32.7. The first-order valence-electron chi connectivity index (χ1n) is 5.97. The minimum absolute atomic E-state index is 0.311. The Balaban J connectivity index is 1.98. The van der Waals surface area contributed by atoms with Crippen LogP contribution in [0.25, 0.3) is 0 Å². The summed E-state index contributed by atoms with van der Waals surface area (Å²) < 4.78 is 0. The Kier molecular flexibility index (Phi) is 1.79. The summed E-state index contributed by atoms with van der Waals surface area (Å²) in [5, 5.41) is 0. The van der Waals surface area contributed by atoms with Crippen LogP contribution in [0.3, 0.4) is 0 Å². The van der Waals surface area contributed by atoms with Crippen molar-refractivity contribution in [1.29, 1.82) is 0 Å². The summed E-state index contributed by atoms with van der Waals surface area (Å²) in [6.45, 7) is 4.57. The molecule has 0 aromatic heterocycles. The van der Waals surface area contributed by atoms with Crippen molar-refractivity contribution in [3.63, 3.8) is 0 Å². The molecule has 0 saturated heterocycles. The zero-order valence-electron chi connectivity index (χ0n) is 9.53. The maximum absolute atomic E-state index is 6.17. The van der Waals surface area contributed by atoms with Gasteiger partial charge in [0.2, 0.25) is 0 Å². The van der Waals surface area contributed by atoms with Crippen molar-refractivity contribution < 1.29 is 0 Å². The van der Waals surface area contributed by atoms with E-state index in [1.165, 1.54) is 18.4 Å². The predicted molar refractivity (Wildman–Crippen MR) is 62.9 cm³/mol. The lowest BCUT2D eigenvalue weighted by Crippen LogP contribution is -2.06. The molecule has 2 aliphatic rings. The van der Waals surface area contributed by atoms with Crippen molar-refractivity contribution in [3.8, 4) is 0 Å². The standard InChI is InChI=1S/C14H19N/c1-14(2)12(13(14)15)11-6-4-3-5-10(11)9-7-8-9/h3-6,9,12-13H,7-8,15H2,1-2H3. The lowest BCUT2D eigenvalue weighted by atomic mass is 9.95. The largest absolute Gasteiger partial charge is 0.327 e. The highest BCUT2D eigenvalue weighted by atomic mass is 14.8. The fraction of sp³-hybridized carbons (Fsp3) is 0.571. The Morgan fingerprint density at radius 1 is 1.13 bits per heavy atom. The third-order valence-corrected chi connectivity index (χ3v) is 4.26. The third kappa shape index (κ3) is 1.33. The molecule has 0 heterocycles. The van der Waals surface area contributed by atoms with E-state index in [1.54, 1.807) is 5.56 Å². The van der Waals surface area contributed by atoms with Gasteiger partial charge in [-0.05, 0) is 35.3 Å². The molecule has 2 saturated carbocycles. The van der Waals surface area contributed by atoms with E-state index in [2.05, 4.69) is 38.1 Å². The van der Waals surface area contributed by atoms with E-state index in [1.807, 2.05) is 0 Å². The first-order chi connectivity index (χ1) is 7.12. The summed E-state index contributed by atoms with van der Waals surface area (Å²) in [6.07, 6.45) is 2.75. The van der Waals surface area contributed by atoms with Gasteiger partial charge in [0.05, 0.1) is 0 Å². The molecule has 15 heavy (non-hydrogen) atoms. The van der Waals surface area contributed by atoms with Crippen LogP contribution in [0.1, 0.15) is 49.7 Å². The molecule has 1 aromatic carbocycles. The van der Waals surface area contributed by atoms with Gasteiger partial charge in [0.15, 0.2) is 0 Å². The number of hydrogen-bond acceptors (Lipinski definition) is 1. The Labute approximate surface area is 91.7 Å². The summed E-state index contributed by atoms with van der Waals surface area (Å²) in [6, 6.07) is 9.26. The minimum Gasteiger partial charge on any atom is -0.327 e. The molecule has 3 rings (SSSR count). The molecular formula is C14H19N. The highest BCUT2D eigenvalue weighted by molar-refractivity contribution is 5.43. The van der Waals surface area contributed by atoms with Crippen molar-refractivity contribution in [3.05, 3.63) is 35.4 Å². The van der Waals surface area contributed by atoms with E-state index >= 15 is 0 Å². The monoisotopic (exact) mass is 201 g/mol. The zero-order chi connectivity index (χ0) is 10.6. The molecule has 2 unspecified atom stereocenters. The Bertz CT molecular complexity index is 390. The molecule has 0 spiro atoms. The van der Waals surface area contributed by atoms with Gasteiger partial charge >= 0.3 is 0 Å². The Morgan fingerprint density at radius 2 is 1.67 bits per heavy atom. The molecule has 2 N–H and O–H groups in total. The quantitative estimate of drug-likeness (QED) is 0.782. The SMILES string of the molecule is CC1(C)C(N)C1c1ccccc1C1CC1. The average molecular weight is 201 g/mol. The fourth-order valence-electron chi connectivity index (χ4n) is 2.83. The fourth-order valence-corrected chi connectivity index (χ4v) is 2.83. The van der Waals surface area contributed by atoms with Gasteiger partial charge in [0.25, 0.3) is 0 Å². The summed E-state index contributed by atoms with van der Waals surface area (Å²) in [5.41, 5.74) is 9.57. The van der Waals surface area contributed by atoms with Crippen LogP contribution >= 0.6 is 0 Å². The molecule has 2 aliphatic carbocycles. The maximum Gasteiger partial charge on any atom is 0.0172 e. The average Bonchev–Trinajstić information content (AvgIpc) is 3.08. The molecule has 2 fully saturated rings. The molecule has 80 valence electrons. The first-order valence-corrected chi connectivity index (χ1v) is 5.97. The second kappa shape index (κ2) is 2.85. The van der Waals surface area contributed by atoms with Crippen molar-refractivity contribution in [1.82, 2.24) is 0 Å². The zero-order valence-corrected chi connectivity index (χ0v) is 9.53. The van der Waals surface area contributed by atoms with Crippen LogP contribution in [-0.4, -0.2) is 6.04 Å². The number of hydrogen-bond donors (Lipinski definition) is 1. The van der Waals surface area contributed by atoms with Gasteiger partial charge in [-0.3, -0.25) is 0 Å². The van der Waals surface area contributed by atoms with E-state index in [-0.39, 0.29) is 0 Å². The molecule has 0 radical (unpaired) electrons. The molecular weight excluding hydrogens is 182 g/mol. The highest BCUT2D eigenvalue weighted by Gasteiger charge is 2.57. The first kappa shape index (κ1) is 9.41. The van der Waals surface area contributed by atoms with Crippen LogP contribution in [0.5, 0.6) is 0 Å². The van der Waals surface area contributed by atoms with Crippen LogP contribution < -0.4 is 5.73 Å². The van der Waals surface area contributed by atoms with E-state index < -0.39 is 0 Å². The molecule has 0 bridgehead atoms. The number of nitrogens with two attached hydrogens (primary N) is 1. The lowest BCUT2D eigenvalue weighted by Gasteiger charge is -2.09. The smallest absolute Gasteiger partial charge is 0.0172 e. The summed E-state index contributed by atoms with van der Waals surface area (Å²) in [5.74, 6) is 1.43. The molecule has 2 atom stereocenters. The van der Waals surface area contributed by atoms with Crippen molar-refractivity contribution in [2.45, 2.75) is 44.6 Å². The predicted octanol–water partition coefficient (Wildman–Crippen LogP) is 3.01. The van der Waals surface area contributed by atoms with E-state index in [9.17, 15) is 0 Å². The van der Waals surface area contributed by atoms with E-state index in [4.69, 9.17) is 5.73 Å². The maximum atomic E-state index is 6.17. The molecule has 1 heteroatoms. The van der Waals surface area contributed by atoms with Gasteiger partial charge in [-0.25, -0.2) is 0 Å². The topological polar surface area (TPSA) is 26.0 Å². The molecule has 1 nitrogen and oxygen atoms in total. The highest BCUT2D eigenvalue weighted by Crippen LogP contribution is 2.59. The van der Waals surface area contributed by atoms with E-state index in [0.29, 0.717) is 17.4 Å². The van der Waals surface area contributed by atoms with Gasteiger partial charge in [0.1, 0.15) is 0 Å². The van der Waals surface area contributed by atoms with E-state index in [0.717, 1.165) is 5.92 Å². The van der Waals surface area contributed by atoms with Gasteiger partial charge in [-0.1, -0.05) is 38.1 Å². The van der Waals surface area contributed by atoms with Crippen LogP contribution in [0, 0.1) is 5.41 Å². The second-order valence-electron chi connectivity index (χ2n) is 5.73. The number of rotatable bonds is 2. The van der Waals surface area contributed by atoms with Crippen LogP contribution in [-0.2, 0) is 0 Å². The lowest BCUT2D eigenvalue weighted by molar-refractivity contribution is 0.598. The van der Waals surface area contributed by atoms with Gasteiger partial charge in [-0.15, -0.1) is 0 Å².